The number of hydrogen-bond donors (Lipinski definition) is 3. The Hall–Kier alpha value is -2.40. The summed E-state index contributed by atoms with van der Waals surface area (Å²) in [4.78, 5) is 12.1. The fourth-order valence-electron chi connectivity index (χ4n) is 1.94. The number of nitrogens with one attached hydrogen (secondary N) is 2. The molecule has 0 heterocycles. The summed E-state index contributed by atoms with van der Waals surface area (Å²) >= 11 is 5.10. The molecule has 114 valence electrons. The van der Waals surface area contributed by atoms with Gasteiger partial charge in [0.05, 0.1) is 0 Å². The molecule has 0 saturated heterocycles. The number of hydrogen-bond acceptors (Lipinski definition) is 3. The van der Waals surface area contributed by atoms with E-state index in [0.717, 1.165) is 0 Å². The third-order valence-electron chi connectivity index (χ3n) is 3.17. The van der Waals surface area contributed by atoms with Gasteiger partial charge in [0.15, 0.2) is 5.11 Å². The van der Waals surface area contributed by atoms with Crippen molar-refractivity contribution in [2.75, 3.05) is 5.32 Å². The monoisotopic (exact) mass is 314 g/mol. The quantitative estimate of drug-likeness (QED) is 0.757. The van der Waals surface area contributed by atoms with Crippen LogP contribution in [0.15, 0.2) is 48.5 Å². The molecule has 4 nitrogen and oxygen atoms in total. The Labute approximate surface area is 135 Å². The van der Waals surface area contributed by atoms with Crippen LogP contribution >= 0.6 is 12.2 Å². The van der Waals surface area contributed by atoms with Gasteiger partial charge in [-0.2, -0.15) is 0 Å². The van der Waals surface area contributed by atoms with Crippen molar-refractivity contribution in [3.63, 3.8) is 0 Å². The number of benzene rings is 2. The second-order valence-electron chi connectivity index (χ2n) is 5.24. The van der Waals surface area contributed by atoms with Crippen molar-refractivity contribution >= 4 is 28.9 Å². The fourth-order valence-corrected chi connectivity index (χ4v) is 2.15. The van der Waals surface area contributed by atoms with Crippen LogP contribution < -0.4 is 10.6 Å². The average Bonchev–Trinajstić information content (AvgIpc) is 2.47. The van der Waals surface area contributed by atoms with Crippen molar-refractivity contribution in [1.29, 1.82) is 0 Å². The van der Waals surface area contributed by atoms with Gasteiger partial charge in [-0.15, -0.1) is 0 Å². The van der Waals surface area contributed by atoms with Crippen molar-refractivity contribution in [2.45, 2.75) is 19.8 Å². The summed E-state index contributed by atoms with van der Waals surface area (Å²) in [6.07, 6.45) is 0. The van der Waals surface area contributed by atoms with Gasteiger partial charge in [-0.05, 0) is 48.0 Å². The fraction of sp³-hybridized carbons (Fsp3) is 0.176. The molecule has 1 amide bonds. The first-order chi connectivity index (χ1) is 10.5. The molecule has 5 heteroatoms. The van der Waals surface area contributed by atoms with Crippen LogP contribution in [0.1, 0.15) is 35.7 Å². The molecule has 0 aromatic heterocycles. The van der Waals surface area contributed by atoms with Crippen LogP contribution in [0.5, 0.6) is 5.75 Å². The summed E-state index contributed by atoms with van der Waals surface area (Å²) in [6.45, 7) is 4.20. The lowest BCUT2D eigenvalue weighted by atomic mass is 10.0. The summed E-state index contributed by atoms with van der Waals surface area (Å²) in [6, 6.07) is 13.9. The average molecular weight is 314 g/mol. The highest BCUT2D eigenvalue weighted by molar-refractivity contribution is 7.80. The zero-order chi connectivity index (χ0) is 16.1. The van der Waals surface area contributed by atoms with Crippen LogP contribution in [0.3, 0.4) is 0 Å². The highest BCUT2D eigenvalue weighted by Gasteiger charge is 2.09. The standard InChI is InChI=1S/C17H18N2O2S/c1-11(2)12-6-8-13(9-7-12)16(21)19-17(22)18-14-4-3-5-15(20)10-14/h3-11,20H,1-2H3,(H2,18,19,21,22). The van der Waals surface area contributed by atoms with E-state index in [2.05, 4.69) is 24.5 Å². The number of anilines is 1. The van der Waals surface area contributed by atoms with Crippen molar-refractivity contribution in [2.24, 2.45) is 0 Å². The number of carbonyl (C=O) groups is 1. The maximum Gasteiger partial charge on any atom is 0.257 e. The summed E-state index contributed by atoms with van der Waals surface area (Å²) in [5, 5.41) is 15.0. The molecule has 22 heavy (non-hydrogen) atoms. The third-order valence-corrected chi connectivity index (χ3v) is 3.37. The van der Waals surface area contributed by atoms with E-state index >= 15 is 0 Å². The number of phenols is 1. The van der Waals surface area contributed by atoms with Crippen molar-refractivity contribution in [3.05, 3.63) is 59.7 Å². The predicted molar refractivity (Wildman–Crippen MR) is 92.3 cm³/mol. The van der Waals surface area contributed by atoms with E-state index in [0.29, 0.717) is 17.2 Å². The highest BCUT2D eigenvalue weighted by atomic mass is 32.1. The minimum Gasteiger partial charge on any atom is -0.508 e. The largest absolute Gasteiger partial charge is 0.508 e. The van der Waals surface area contributed by atoms with Crippen LogP contribution in [0.2, 0.25) is 0 Å². The van der Waals surface area contributed by atoms with Crippen molar-refractivity contribution < 1.29 is 9.90 Å². The molecule has 2 aromatic carbocycles. The molecular weight excluding hydrogens is 296 g/mol. The van der Waals surface area contributed by atoms with Crippen molar-refractivity contribution in [1.82, 2.24) is 5.32 Å². The zero-order valence-corrected chi connectivity index (χ0v) is 13.3. The molecule has 0 radical (unpaired) electrons. The zero-order valence-electron chi connectivity index (χ0n) is 12.5. The number of thiocarbonyl (C=S) groups is 1. The second-order valence-corrected chi connectivity index (χ2v) is 5.64. The molecule has 0 unspecified atom stereocenters. The van der Waals surface area contributed by atoms with E-state index in [9.17, 15) is 9.90 Å². The number of phenolic OH excluding ortho intramolecular Hbond substituents is 1. The summed E-state index contributed by atoms with van der Waals surface area (Å²) in [5.74, 6) is 0.280. The Morgan fingerprint density at radius 2 is 1.82 bits per heavy atom. The van der Waals surface area contributed by atoms with Crippen LogP contribution in [0.4, 0.5) is 5.69 Å². The van der Waals surface area contributed by atoms with E-state index in [1.807, 2.05) is 12.1 Å². The molecule has 0 aliphatic carbocycles. The van der Waals surface area contributed by atoms with E-state index < -0.39 is 0 Å². The second kappa shape index (κ2) is 7.04. The van der Waals surface area contributed by atoms with E-state index in [1.165, 1.54) is 11.6 Å². The lowest BCUT2D eigenvalue weighted by molar-refractivity contribution is 0.0977. The number of carbonyl (C=O) groups excluding carboxylic acids is 1. The lowest BCUT2D eigenvalue weighted by Crippen LogP contribution is -2.34. The molecular formula is C17H18N2O2S. The molecule has 0 bridgehead atoms. The maximum absolute atomic E-state index is 12.1. The molecule has 2 aromatic rings. The van der Waals surface area contributed by atoms with Crippen molar-refractivity contribution in [3.8, 4) is 5.75 Å². The van der Waals surface area contributed by atoms with Crippen LogP contribution in [-0.2, 0) is 0 Å². The van der Waals surface area contributed by atoms with Gasteiger partial charge in [-0.1, -0.05) is 32.0 Å². The Balaban J connectivity index is 1.97. The minimum absolute atomic E-state index is 0.128. The summed E-state index contributed by atoms with van der Waals surface area (Å²) in [5.41, 5.74) is 2.34. The Morgan fingerprint density at radius 3 is 2.41 bits per heavy atom. The molecule has 0 aliphatic heterocycles. The third kappa shape index (κ3) is 4.30. The minimum atomic E-state index is -0.270. The summed E-state index contributed by atoms with van der Waals surface area (Å²) in [7, 11) is 0. The molecule has 3 N–H and O–H groups in total. The van der Waals surface area contributed by atoms with Gasteiger partial charge in [-0.3, -0.25) is 10.1 Å². The van der Waals surface area contributed by atoms with Crippen LogP contribution in [-0.4, -0.2) is 16.1 Å². The Kier molecular flexibility index (Phi) is 5.12. The predicted octanol–water partition coefficient (Wildman–Crippen LogP) is 3.64. The van der Waals surface area contributed by atoms with Gasteiger partial charge in [0, 0.05) is 17.3 Å². The van der Waals surface area contributed by atoms with E-state index in [-0.39, 0.29) is 16.8 Å². The Bertz CT molecular complexity index is 681. The van der Waals surface area contributed by atoms with Gasteiger partial charge >= 0.3 is 0 Å². The van der Waals surface area contributed by atoms with Gasteiger partial charge < -0.3 is 10.4 Å². The van der Waals surface area contributed by atoms with E-state index in [4.69, 9.17) is 12.2 Å². The first-order valence-electron chi connectivity index (χ1n) is 6.97. The number of amides is 1. The topological polar surface area (TPSA) is 61.4 Å². The van der Waals surface area contributed by atoms with Crippen LogP contribution in [0.25, 0.3) is 0 Å². The Morgan fingerprint density at radius 1 is 1.14 bits per heavy atom. The maximum atomic E-state index is 12.1. The van der Waals surface area contributed by atoms with Gasteiger partial charge in [-0.25, -0.2) is 0 Å². The molecule has 2 rings (SSSR count). The normalized spacial score (nSPS) is 10.3. The first kappa shape index (κ1) is 16.0. The molecule has 0 fully saturated rings. The SMILES string of the molecule is CC(C)c1ccc(C(=O)NC(=S)Nc2cccc(O)c2)cc1. The molecule has 0 atom stereocenters. The summed E-state index contributed by atoms with van der Waals surface area (Å²) < 4.78 is 0. The van der Waals surface area contributed by atoms with Crippen LogP contribution in [0, 0.1) is 0 Å². The molecule has 0 saturated carbocycles. The number of aromatic hydroxyl groups is 1. The smallest absolute Gasteiger partial charge is 0.257 e. The molecule has 0 aliphatic rings. The van der Waals surface area contributed by atoms with Gasteiger partial charge in [0.25, 0.3) is 5.91 Å². The lowest BCUT2D eigenvalue weighted by Gasteiger charge is -2.10. The number of rotatable bonds is 3. The van der Waals surface area contributed by atoms with Gasteiger partial charge in [0.1, 0.15) is 5.75 Å². The van der Waals surface area contributed by atoms with E-state index in [1.54, 1.807) is 30.3 Å². The first-order valence-corrected chi connectivity index (χ1v) is 7.38. The molecule has 0 spiro atoms. The van der Waals surface area contributed by atoms with Gasteiger partial charge in [0.2, 0.25) is 0 Å². The highest BCUT2D eigenvalue weighted by Crippen LogP contribution is 2.16.